The van der Waals surface area contributed by atoms with E-state index in [1.54, 1.807) is 4.57 Å². The quantitative estimate of drug-likeness (QED) is 0.672. The molecule has 0 bridgehead atoms. The summed E-state index contributed by atoms with van der Waals surface area (Å²) in [6.45, 7) is 10.6. The van der Waals surface area contributed by atoms with Crippen molar-refractivity contribution in [3.63, 3.8) is 0 Å². The van der Waals surface area contributed by atoms with Crippen molar-refractivity contribution in [1.29, 1.82) is 0 Å². The minimum atomic E-state index is -0.183. The predicted octanol–water partition coefficient (Wildman–Crippen LogP) is 4.37. The van der Waals surface area contributed by atoms with E-state index in [0.717, 1.165) is 35.2 Å². The third kappa shape index (κ3) is 2.51. The van der Waals surface area contributed by atoms with E-state index < -0.39 is 0 Å². The van der Waals surface area contributed by atoms with Crippen molar-refractivity contribution in [2.75, 3.05) is 0 Å². The van der Waals surface area contributed by atoms with Crippen LogP contribution in [-0.2, 0) is 18.4 Å². The summed E-state index contributed by atoms with van der Waals surface area (Å²) in [5, 5.41) is 0. The van der Waals surface area contributed by atoms with Crippen LogP contribution in [0.1, 0.15) is 38.3 Å². The molecule has 2 aromatic rings. The molecular formula is C19H22N2OS. The van der Waals surface area contributed by atoms with Gasteiger partial charge < -0.3 is 4.98 Å². The molecule has 0 fully saturated rings. The van der Waals surface area contributed by atoms with E-state index in [9.17, 15) is 4.79 Å². The number of hydrogen-bond donors (Lipinski definition) is 1. The fourth-order valence-electron chi connectivity index (χ4n) is 3.48. The van der Waals surface area contributed by atoms with Crippen LogP contribution >= 0.6 is 12.2 Å². The van der Waals surface area contributed by atoms with Gasteiger partial charge in [0, 0.05) is 23.1 Å². The van der Waals surface area contributed by atoms with Gasteiger partial charge in [0.1, 0.15) is 0 Å². The van der Waals surface area contributed by atoms with Crippen LogP contribution < -0.4 is 5.56 Å². The molecule has 3 rings (SSSR count). The Labute approximate surface area is 141 Å². The van der Waals surface area contributed by atoms with Crippen LogP contribution in [0.3, 0.4) is 0 Å². The van der Waals surface area contributed by atoms with Crippen LogP contribution in [-0.4, -0.2) is 9.55 Å². The average molecular weight is 326 g/mol. The molecule has 0 saturated carbocycles. The number of fused-ring (bicyclic) bond motifs is 3. The van der Waals surface area contributed by atoms with Gasteiger partial charge in [-0.25, -0.2) is 0 Å². The summed E-state index contributed by atoms with van der Waals surface area (Å²) in [5.41, 5.74) is 4.87. The molecule has 0 amide bonds. The monoisotopic (exact) mass is 326 g/mol. The highest BCUT2D eigenvalue weighted by molar-refractivity contribution is 7.71. The molecule has 0 radical (unpaired) electrons. The summed E-state index contributed by atoms with van der Waals surface area (Å²) in [6.07, 6.45) is 1.78. The fraction of sp³-hybridized carbons (Fsp3) is 0.368. The van der Waals surface area contributed by atoms with Gasteiger partial charge in [-0.05, 0) is 37.5 Å². The Hall–Kier alpha value is -1.94. The highest BCUT2D eigenvalue weighted by Gasteiger charge is 2.37. The molecule has 23 heavy (non-hydrogen) atoms. The van der Waals surface area contributed by atoms with E-state index in [-0.39, 0.29) is 11.0 Å². The molecule has 1 aromatic heterocycles. The molecule has 0 unspecified atom stereocenters. The highest BCUT2D eigenvalue weighted by atomic mass is 32.1. The zero-order valence-electron chi connectivity index (χ0n) is 13.9. The molecule has 1 N–H and O–H groups in total. The first-order chi connectivity index (χ1) is 10.9. The van der Waals surface area contributed by atoms with Crippen LogP contribution in [0.5, 0.6) is 0 Å². The minimum absolute atomic E-state index is 0.0191. The van der Waals surface area contributed by atoms with Crippen molar-refractivity contribution in [3.8, 4) is 11.3 Å². The first-order valence-corrected chi connectivity index (χ1v) is 8.38. The second-order valence-electron chi connectivity index (χ2n) is 6.78. The molecule has 1 atom stereocenters. The standard InChI is InChI=1S/C19H22N2OS/c1-5-19(4)10-13-8-6-7-9-14(13)16-15(19)17(22)21(11-12(2)3)18(23)20-16/h6-9H,2,5,10-11H2,1,3-4H3,(H,20,23)/t19-/m1/s1. The Morgan fingerprint density at radius 2 is 2.13 bits per heavy atom. The van der Waals surface area contributed by atoms with E-state index >= 15 is 0 Å². The summed E-state index contributed by atoms with van der Waals surface area (Å²) in [4.78, 5) is 16.5. The van der Waals surface area contributed by atoms with E-state index in [1.165, 1.54) is 5.56 Å². The number of hydrogen-bond acceptors (Lipinski definition) is 2. The van der Waals surface area contributed by atoms with Crippen molar-refractivity contribution >= 4 is 12.2 Å². The van der Waals surface area contributed by atoms with Gasteiger partial charge in [-0.3, -0.25) is 9.36 Å². The van der Waals surface area contributed by atoms with Gasteiger partial charge in [0.2, 0.25) is 0 Å². The number of H-pyrrole nitrogens is 1. The Morgan fingerprint density at radius 1 is 1.43 bits per heavy atom. The largest absolute Gasteiger partial charge is 0.331 e. The number of nitrogens with one attached hydrogen (secondary N) is 1. The zero-order valence-corrected chi connectivity index (χ0v) is 14.7. The van der Waals surface area contributed by atoms with E-state index in [4.69, 9.17) is 12.2 Å². The Morgan fingerprint density at radius 3 is 2.78 bits per heavy atom. The maximum atomic E-state index is 13.2. The van der Waals surface area contributed by atoms with Crippen LogP contribution in [0.2, 0.25) is 0 Å². The van der Waals surface area contributed by atoms with Gasteiger partial charge in [-0.1, -0.05) is 50.3 Å². The summed E-state index contributed by atoms with van der Waals surface area (Å²) in [6, 6.07) is 8.27. The molecule has 4 heteroatoms. The van der Waals surface area contributed by atoms with E-state index in [2.05, 4.69) is 43.6 Å². The van der Waals surface area contributed by atoms with Crippen LogP contribution in [0.25, 0.3) is 11.3 Å². The number of aromatic amines is 1. The zero-order chi connectivity index (χ0) is 16.8. The molecule has 3 nitrogen and oxygen atoms in total. The second-order valence-corrected chi connectivity index (χ2v) is 7.16. The van der Waals surface area contributed by atoms with Crippen LogP contribution in [0.15, 0.2) is 41.2 Å². The SMILES string of the molecule is C=C(C)Cn1c(=S)[nH]c2c(c1=O)[C@](C)(CC)Cc1ccccc1-2. The average Bonchev–Trinajstić information content (AvgIpc) is 2.50. The third-order valence-electron chi connectivity index (χ3n) is 4.87. The molecule has 0 aliphatic heterocycles. The van der Waals surface area contributed by atoms with Crippen molar-refractivity contribution in [1.82, 2.24) is 9.55 Å². The smallest absolute Gasteiger partial charge is 0.258 e. The van der Waals surface area contributed by atoms with Crippen molar-refractivity contribution in [2.24, 2.45) is 0 Å². The maximum Gasteiger partial charge on any atom is 0.258 e. The number of rotatable bonds is 3. The van der Waals surface area contributed by atoms with Crippen LogP contribution in [0, 0.1) is 4.77 Å². The van der Waals surface area contributed by atoms with Gasteiger partial charge in [0.15, 0.2) is 4.77 Å². The number of benzene rings is 1. The normalized spacial score (nSPS) is 19.1. The lowest BCUT2D eigenvalue weighted by Gasteiger charge is -2.35. The van der Waals surface area contributed by atoms with Crippen molar-refractivity contribution < 1.29 is 0 Å². The summed E-state index contributed by atoms with van der Waals surface area (Å²) in [7, 11) is 0. The molecule has 1 heterocycles. The second kappa shape index (κ2) is 5.60. The summed E-state index contributed by atoms with van der Waals surface area (Å²) < 4.78 is 2.10. The van der Waals surface area contributed by atoms with E-state index in [1.807, 2.05) is 13.0 Å². The van der Waals surface area contributed by atoms with Crippen molar-refractivity contribution in [3.05, 3.63) is 62.7 Å². The molecule has 0 spiro atoms. The number of allylic oxidation sites excluding steroid dienone is 1. The lowest BCUT2D eigenvalue weighted by Crippen LogP contribution is -2.39. The lowest BCUT2D eigenvalue weighted by atomic mass is 9.69. The molecular weight excluding hydrogens is 304 g/mol. The third-order valence-corrected chi connectivity index (χ3v) is 5.19. The first-order valence-electron chi connectivity index (χ1n) is 7.97. The summed E-state index contributed by atoms with van der Waals surface area (Å²) in [5.74, 6) is 0. The molecule has 0 saturated heterocycles. The Bertz CT molecular complexity index is 906. The van der Waals surface area contributed by atoms with Gasteiger partial charge in [-0.15, -0.1) is 0 Å². The van der Waals surface area contributed by atoms with Gasteiger partial charge in [-0.2, -0.15) is 0 Å². The van der Waals surface area contributed by atoms with Crippen molar-refractivity contribution in [2.45, 2.75) is 45.6 Å². The molecule has 1 aliphatic carbocycles. The van der Waals surface area contributed by atoms with Gasteiger partial charge in [0.25, 0.3) is 5.56 Å². The maximum absolute atomic E-state index is 13.2. The summed E-state index contributed by atoms with van der Waals surface area (Å²) >= 11 is 5.45. The minimum Gasteiger partial charge on any atom is -0.331 e. The first kappa shape index (κ1) is 15.9. The molecule has 1 aromatic carbocycles. The van der Waals surface area contributed by atoms with Gasteiger partial charge >= 0.3 is 0 Å². The fourth-order valence-corrected chi connectivity index (χ4v) is 3.72. The van der Waals surface area contributed by atoms with Crippen LogP contribution in [0.4, 0.5) is 0 Å². The Kier molecular flexibility index (Phi) is 3.88. The highest BCUT2D eigenvalue weighted by Crippen LogP contribution is 2.42. The lowest BCUT2D eigenvalue weighted by molar-refractivity contribution is 0.434. The number of nitrogens with zero attached hydrogens (tertiary/aromatic N) is 1. The molecule has 120 valence electrons. The van der Waals surface area contributed by atoms with E-state index in [0.29, 0.717) is 11.3 Å². The molecule has 1 aliphatic rings. The number of aromatic nitrogens is 2. The Balaban J connectivity index is 2.39. The topological polar surface area (TPSA) is 37.8 Å². The predicted molar refractivity (Wildman–Crippen MR) is 97.5 cm³/mol. The van der Waals surface area contributed by atoms with Gasteiger partial charge in [0.05, 0.1) is 5.69 Å².